The molecule has 6 atom stereocenters. The topological polar surface area (TPSA) is 189 Å². The van der Waals surface area contributed by atoms with Gasteiger partial charge in [-0.3, -0.25) is 19.2 Å². The maximum atomic E-state index is 14.2. The Kier molecular flexibility index (Phi) is 8.97. The number of benzene rings is 3. The van der Waals surface area contributed by atoms with Crippen LogP contribution in [0.3, 0.4) is 0 Å². The Morgan fingerprint density at radius 2 is 1.68 bits per heavy atom. The van der Waals surface area contributed by atoms with Gasteiger partial charge in [0.05, 0.1) is 34.9 Å². The number of phenols is 2. The maximum absolute atomic E-state index is 14.2. The highest BCUT2D eigenvalue weighted by Gasteiger charge is 2.50. The second-order valence-electron chi connectivity index (χ2n) is 12.6. The van der Waals surface area contributed by atoms with Crippen molar-refractivity contribution in [3.63, 3.8) is 0 Å². The van der Waals surface area contributed by atoms with E-state index < -0.39 is 108 Å². The van der Waals surface area contributed by atoms with Crippen LogP contribution in [0.1, 0.15) is 81.3 Å². The number of hydrogen-bond donors (Lipinski definition) is 5. The van der Waals surface area contributed by atoms with Crippen LogP contribution >= 0.6 is 0 Å². The van der Waals surface area contributed by atoms with Crippen LogP contribution in [-0.2, 0) is 32.1 Å². The number of hydrogen-bond acceptors (Lipinski definition) is 11. The number of halogens is 3. The first-order valence-corrected chi connectivity index (χ1v) is 15.6. The predicted molar refractivity (Wildman–Crippen MR) is 165 cm³/mol. The smallest absolute Gasteiger partial charge is 0.471 e. The van der Waals surface area contributed by atoms with Crippen molar-refractivity contribution in [1.29, 1.82) is 0 Å². The molecular formula is C35H32F3NO11. The Bertz CT molecular complexity index is 1900. The zero-order chi connectivity index (χ0) is 36.3. The molecule has 1 saturated heterocycles. The third kappa shape index (κ3) is 6.10. The van der Waals surface area contributed by atoms with Gasteiger partial charge in [0.25, 0.3) is 0 Å². The lowest BCUT2D eigenvalue weighted by Crippen LogP contribution is -2.57. The van der Waals surface area contributed by atoms with Crippen molar-refractivity contribution in [1.82, 2.24) is 5.32 Å². The van der Waals surface area contributed by atoms with E-state index >= 15 is 0 Å². The standard InChI is InChI=1S/C35H32F3NO11/c1-15-28(41)20(39-33(46)35(36,37)38)11-23(49-15)50-22-13-34(47,16(2)40)12-19-25(22)32(45)27-26(30(19)43)29(42)18-9-6-10-21(24(18)31(27)44)48-14-17-7-4-3-5-8-17/h3-10,15,20,22-23,28,41,43,45,47H,11-14H2,1-2H3,(H,39,46). The minimum absolute atomic E-state index is 0.0285. The molecule has 1 aliphatic heterocycles. The van der Waals surface area contributed by atoms with Crippen molar-refractivity contribution in [2.24, 2.45) is 0 Å². The van der Waals surface area contributed by atoms with Crippen molar-refractivity contribution < 1.29 is 67.0 Å². The molecule has 6 unspecified atom stereocenters. The number of carbonyl (C=O) groups excluding carboxylic acids is 4. The van der Waals surface area contributed by atoms with E-state index in [0.29, 0.717) is 0 Å². The van der Waals surface area contributed by atoms with E-state index in [4.69, 9.17) is 14.2 Å². The first-order valence-electron chi connectivity index (χ1n) is 15.6. The minimum Gasteiger partial charge on any atom is -0.507 e. The van der Waals surface area contributed by atoms with Gasteiger partial charge in [-0.05, 0) is 25.5 Å². The zero-order valence-electron chi connectivity index (χ0n) is 26.6. The fraction of sp³-hybridized carbons (Fsp3) is 0.371. The van der Waals surface area contributed by atoms with Crippen LogP contribution in [0.5, 0.6) is 17.2 Å². The van der Waals surface area contributed by atoms with Crippen LogP contribution in [0.2, 0.25) is 0 Å². The molecule has 1 heterocycles. The van der Waals surface area contributed by atoms with E-state index in [2.05, 4.69) is 0 Å². The zero-order valence-corrected chi connectivity index (χ0v) is 26.6. The molecule has 12 nitrogen and oxygen atoms in total. The van der Waals surface area contributed by atoms with Crippen LogP contribution in [0.25, 0.3) is 0 Å². The lowest BCUT2D eigenvalue weighted by molar-refractivity contribution is -0.250. The number of fused-ring (bicyclic) bond motifs is 3. The molecule has 3 aromatic rings. The number of rotatable bonds is 7. The van der Waals surface area contributed by atoms with E-state index in [1.807, 2.05) is 6.07 Å². The summed E-state index contributed by atoms with van der Waals surface area (Å²) >= 11 is 0. The van der Waals surface area contributed by atoms with E-state index in [1.54, 1.807) is 29.6 Å². The molecule has 5 N–H and O–H groups in total. The summed E-state index contributed by atoms with van der Waals surface area (Å²) in [4.78, 5) is 52.4. The summed E-state index contributed by atoms with van der Waals surface area (Å²) in [6.45, 7) is 2.41. The summed E-state index contributed by atoms with van der Waals surface area (Å²) in [6.07, 6.45) is -12.8. The number of phenolic OH excluding ortho intramolecular Hbond substituents is 2. The largest absolute Gasteiger partial charge is 0.507 e. The molecule has 1 fully saturated rings. The number of aliphatic hydroxyl groups is 2. The first-order chi connectivity index (χ1) is 23.5. The predicted octanol–water partition coefficient (Wildman–Crippen LogP) is 3.32. The van der Waals surface area contributed by atoms with Crippen LogP contribution in [0.4, 0.5) is 13.2 Å². The van der Waals surface area contributed by atoms with Crippen molar-refractivity contribution in [2.75, 3.05) is 0 Å². The van der Waals surface area contributed by atoms with E-state index in [-0.39, 0.29) is 34.6 Å². The van der Waals surface area contributed by atoms with Gasteiger partial charge >= 0.3 is 12.1 Å². The summed E-state index contributed by atoms with van der Waals surface area (Å²) in [5.41, 5.74) is -3.45. The van der Waals surface area contributed by atoms with Gasteiger partial charge in [-0.25, -0.2) is 0 Å². The van der Waals surface area contributed by atoms with Gasteiger partial charge in [-0.2, -0.15) is 13.2 Å². The SMILES string of the molecule is CC(=O)C1(O)Cc2c(O)c3c(c(O)c2C(OC2CC(NC(=O)C(F)(F)F)C(O)C(C)O2)C1)C(=O)c1c(OCc2ccccc2)cccc1C3=O. The third-order valence-corrected chi connectivity index (χ3v) is 9.34. The molecule has 0 radical (unpaired) electrons. The first kappa shape index (κ1) is 35.0. The lowest BCUT2D eigenvalue weighted by atomic mass is 9.72. The fourth-order valence-corrected chi connectivity index (χ4v) is 6.70. The number of aromatic hydroxyl groups is 2. The summed E-state index contributed by atoms with van der Waals surface area (Å²) in [5.74, 6) is -6.36. The lowest BCUT2D eigenvalue weighted by Gasteiger charge is -2.42. The Morgan fingerprint density at radius 1 is 1.00 bits per heavy atom. The second kappa shape index (κ2) is 12.8. The van der Waals surface area contributed by atoms with Crippen molar-refractivity contribution in [3.05, 3.63) is 87.5 Å². The summed E-state index contributed by atoms with van der Waals surface area (Å²) in [6, 6.07) is 11.8. The number of nitrogens with one attached hydrogen (secondary N) is 1. The molecule has 15 heteroatoms. The molecule has 0 bridgehead atoms. The number of ketones is 3. The monoisotopic (exact) mass is 699 g/mol. The highest BCUT2D eigenvalue weighted by molar-refractivity contribution is 6.31. The Hall–Kier alpha value is -4.83. The number of Topliss-reactive ketones (excluding diaryl/α,β-unsaturated/α-hetero) is 1. The maximum Gasteiger partial charge on any atom is 0.471 e. The van der Waals surface area contributed by atoms with Gasteiger partial charge < -0.3 is 40.0 Å². The number of ether oxygens (including phenoxy) is 3. The molecule has 264 valence electrons. The van der Waals surface area contributed by atoms with Gasteiger partial charge in [-0.15, -0.1) is 0 Å². The average Bonchev–Trinajstić information content (AvgIpc) is 3.06. The highest BCUT2D eigenvalue weighted by Crippen LogP contribution is 2.52. The Morgan fingerprint density at radius 3 is 2.34 bits per heavy atom. The molecule has 3 aromatic carbocycles. The van der Waals surface area contributed by atoms with Crippen molar-refractivity contribution >= 4 is 23.3 Å². The number of aliphatic hydroxyl groups excluding tert-OH is 1. The van der Waals surface area contributed by atoms with Gasteiger partial charge in [0.2, 0.25) is 5.78 Å². The van der Waals surface area contributed by atoms with Crippen molar-refractivity contribution in [2.45, 2.75) is 82.1 Å². The normalized spacial score (nSPS) is 26.0. The molecule has 50 heavy (non-hydrogen) atoms. The summed E-state index contributed by atoms with van der Waals surface area (Å²) in [5, 5.41) is 46.9. The van der Waals surface area contributed by atoms with E-state index in [1.165, 1.54) is 25.1 Å². The van der Waals surface area contributed by atoms with E-state index in [9.17, 15) is 52.8 Å². The average molecular weight is 700 g/mol. The van der Waals surface area contributed by atoms with Crippen LogP contribution in [0.15, 0.2) is 48.5 Å². The highest BCUT2D eigenvalue weighted by atomic mass is 19.4. The molecular weight excluding hydrogens is 667 g/mol. The molecule has 0 spiro atoms. The Labute approximate surface area is 282 Å². The van der Waals surface area contributed by atoms with Crippen LogP contribution in [0, 0.1) is 0 Å². The van der Waals surface area contributed by atoms with Gasteiger partial charge in [0, 0.05) is 36.0 Å². The van der Waals surface area contributed by atoms with Gasteiger partial charge in [0.15, 0.2) is 17.9 Å². The summed E-state index contributed by atoms with van der Waals surface area (Å²) < 4.78 is 56.6. The molecule has 3 aliphatic rings. The molecule has 0 saturated carbocycles. The van der Waals surface area contributed by atoms with Gasteiger partial charge in [-0.1, -0.05) is 42.5 Å². The second-order valence-corrected chi connectivity index (χ2v) is 12.6. The Balaban J connectivity index is 1.40. The van der Waals surface area contributed by atoms with Crippen LogP contribution < -0.4 is 10.1 Å². The van der Waals surface area contributed by atoms with Crippen LogP contribution in [-0.4, -0.2) is 80.0 Å². The van der Waals surface area contributed by atoms with E-state index in [0.717, 1.165) is 12.5 Å². The third-order valence-electron chi connectivity index (χ3n) is 9.34. The van der Waals surface area contributed by atoms with Crippen molar-refractivity contribution in [3.8, 4) is 17.2 Å². The molecule has 6 rings (SSSR count). The summed E-state index contributed by atoms with van der Waals surface area (Å²) in [7, 11) is 0. The van der Waals surface area contributed by atoms with Gasteiger partial charge in [0.1, 0.15) is 35.6 Å². The molecule has 2 aliphatic carbocycles. The molecule has 0 aromatic heterocycles. The minimum atomic E-state index is -5.25. The molecule has 1 amide bonds. The quantitative estimate of drug-likeness (QED) is 0.178. The number of amides is 1. The number of alkyl halides is 3. The fourth-order valence-electron chi connectivity index (χ4n) is 6.70. The number of carbonyl (C=O) groups is 4.